The number of fused-ring (bicyclic) bond motifs is 3. The van der Waals surface area contributed by atoms with E-state index in [0.717, 1.165) is 41.5 Å². The van der Waals surface area contributed by atoms with E-state index in [1.807, 2.05) is 35.3 Å². The summed E-state index contributed by atoms with van der Waals surface area (Å²) < 4.78 is 2.32. The molecule has 160 valence electrons. The SMILES string of the molecule is C=N/C=C(/Cc1ccccc1)N(N)C1CCc2c(CCC(=O)O)c3ccccc3n2C1. The fourth-order valence-corrected chi connectivity index (χ4v) is 4.61. The minimum absolute atomic E-state index is 0.118. The fourth-order valence-electron chi connectivity index (χ4n) is 4.61. The molecule has 1 aliphatic heterocycles. The molecule has 1 aromatic heterocycles. The van der Waals surface area contributed by atoms with Gasteiger partial charge in [-0.2, -0.15) is 0 Å². The molecule has 1 aliphatic rings. The van der Waals surface area contributed by atoms with Crippen LogP contribution in [0.3, 0.4) is 0 Å². The number of carbonyl (C=O) groups is 1. The standard InChI is InChI=1S/C25H28N4O2/c1-27-16-20(15-18-7-3-2-4-8-18)29(26)19-11-13-24-22(12-14-25(30)31)21-9-5-6-10-23(21)28(24)17-19/h2-10,16,19H,1,11-15,17,26H2,(H,30,31)/b20-16-. The van der Waals surface area contributed by atoms with Crippen LogP contribution in [0.1, 0.15) is 29.7 Å². The number of carboxylic acids is 1. The van der Waals surface area contributed by atoms with Crippen LogP contribution in [0.25, 0.3) is 10.9 Å². The van der Waals surface area contributed by atoms with E-state index in [-0.39, 0.29) is 12.5 Å². The Balaban J connectivity index is 1.62. The molecule has 1 atom stereocenters. The van der Waals surface area contributed by atoms with Crippen LogP contribution in [-0.2, 0) is 30.6 Å². The van der Waals surface area contributed by atoms with Crippen molar-refractivity contribution in [2.75, 3.05) is 0 Å². The first kappa shape index (κ1) is 20.9. The molecule has 3 aromatic rings. The Morgan fingerprint density at radius 1 is 1.23 bits per heavy atom. The molecular formula is C25H28N4O2. The molecule has 1 unspecified atom stereocenters. The number of benzene rings is 2. The van der Waals surface area contributed by atoms with Gasteiger partial charge in [0.2, 0.25) is 0 Å². The first-order valence-corrected chi connectivity index (χ1v) is 10.6. The van der Waals surface area contributed by atoms with Gasteiger partial charge in [-0.1, -0.05) is 48.5 Å². The summed E-state index contributed by atoms with van der Waals surface area (Å²) in [5.74, 6) is 5.85. The maximum atomic E-state index is 11.2. The highest BCUT2D eigenvalue weighted by Gasteiger charge is 2.28. The molecule has 0 amide bonds. The Hall–Kier alpha value is -3.38. The summed E-state index contributed by atoms with van der Waals surface area (Å²) in [6, 6.07) is 18.6. The number of para-hydroxylation sites is 1. The van der Waals surface area contributed by atoms with Gasteiger partial charge in [-0.25, -0.2) is 5.84 Å². The van der Waals surface area contributed by atoms with E-state index in [4.69, 9.17) is 5.84 Å². The normalized spacial score (nSPS) is 16.2. The minimum atomic E-state index is -0.765. The highest BCUT2D eigenvalue weighted by atomic mass is 16.4. The van der Waals surface area contributed by atoms with Gasteiger partial charge in [0, 0.05) is 42.2 Å². The third-order valence-electron chi connectivity index (χ3n) is 6.08. The Bertz CT molecular complexity index is 1120. The molecular weight excluding hydrogens is 388 g/mol. The molecule has 2 heterocycles. The van der Waals surface area contributed by atoms with Gasteiger partial charge in [-0.15, -0.1) is 0 Å². The Morgan fingerprint density at radius 2 is 1.97 bits per heavy atom. The second-order valence-corrected chi connectivity index (χ2v) is 8.01. The smallest absolute Gasteiger partial charge is 0.303 e. The number of allylic oxidation sites excluding steroid dienone is 1. The molecule has 0 spiro atoms. The minimum Gasteiger partial charge on any atom is -0.481 e. The lowest BCUT2D eigenvalue weighted by atomic mass is 9.98. The number of nitrogens with zero attached hydrogens (tertiary/aromatic N) is 3. The third kappa shape index (κ3) is 4.39. The maximum absolute atomic E-state index is 11.2. The molecule has 0 bridgehead atoms. The molecule has 6 nitrogen and oxygen atoms in total. The third-order valence-corrected chi connectivity index (χ3v) is 6.08. The fraction of sp³-hybridized carbons (Fsp3) is 0.280. The van der Waals surface area contributed by atoms with E-state index in [2.05, 4.69) is 40.5 Å². The Morgan fingerprint density at radius 3 is 2.71 bits per heavy atom. The molecule has 0 saturated carbocycles. The zero-order valence-corrected chi connectivity index (χ0v) is 17.6. The second-order valence-electron chi connectivity index (χ2n) is 8.01. The lowest BCUT2D eigenvalue weighted by Crippen LogP contribution is -2.45. The molecule has 0 radical (unpaired) electrons. The number of hydrogen-bond donors (Lipinski definition) is 2. The van der Waals surface area contributed by atoms with Crippen LogP contribution < -0.4 is 5.84 Å². The number of aliphatic carboxylic acids is 1. The predicted molar refractivity (Wildman–Crippen MR) is 124 cm³/mol. The average molecular weight is 417 g/mol. The van der Waals surface area contributed by atoms with Crippen LogP contribution >= 0.6 is 0 Å². The molecule has 3 N–H and O–H groups in total. The first-order valence-electron chi connectivity index (χ1n) is 10.6. The van der Waals surface area contributed by atoms with E-state index in [1.54, 1.807) is 6.20 Å². The molecule has 4 rings (SSSR count). The van der Waals surface area contributed by atoms with Gasteiger partial charge in [-0.3, -0.25) is 9.79 Å². The van der Waals surface area contributed by atoms with Gasteiger partial charge in [-0.05, 0) is 43.2 Å². The van der Waals surface area contributed by atoms with Crippen LogP contribution in [0.4, 0.5) is 0 Å². The lowest BCUT2D eigenvalue weighted by Gasteiger charge is -2.35. The quantitative estimate of drug-likeness (QED) is 0.331. The average Bonchev–Trinajstić information content (AvgIpc) is 3.10. The van der Waals surface area contributed by atoms with Gasteiger partial charge < -0.3 is 14.7 Å². The van der Waals surface area contributed by atoms with E-state index in [1.165, 1.54) is 11.3 Å². The number of aromatic nitrogens is 1. The number of hydrogen-bond acceptors (Lipinski definition) is 4. The summed E-state index contributed by atoms with van der Waals surface area (Å²) in [5.41, 5.74) is 5.64. The van der Waals surface area contributed by atoms with Crippen LogP contribution in [0.2, 0.25) is 0 Å². The van der Waals surface area contributed by atoms with Crippen LogP contribution in [0.15, 0.2) is 71.5 Å². The Kier molecular flexibility index (Phi) is 6.18. The molecule has 6 heteroatoms. The Labute approximate surface area is 182 Å². The summed E-state index contributed by atoms with van der Waals surface area (Å²) in [4.78, 5) is 15.2. The van der Waals surface area contributed by atoms with Crippen molar-refractivity contribution >= 4 is 23.6 Å². The van der Waals surface area contributed by atoms with Crippen molar-refractivity contribution in [2.45, 2.75) is 44.7 Å². The first-order chi connectivity index (χ1) is 15.1. The van der Waals surface area contributed by atoms with E-state index in [9.17, 15) is 9.90 Å². The van der Waals surface area contributed by atoms with E-state index >= 15 is 0 Å². The molecule has 31 heavy (non-hydrogen) atoms. The van der Waals surface area contributed by atoms with Crippen LogP contribution in [0.5, 0.6) is 0 Å². The van der Waals surface area contributed by atoms with Crippen molar-refractivity contribution in [1.29, 1.82) is 0 Å². The maximum Gasteiger partial charge on any atom is 0.303 e. The van der Waals surface area contributed by atoms with E-state index in [0.29, 0.717) is 12.8 Å². The lowest BCUT2D eigenvalue weighted by molar-refractivity contribution is -0.136. The molecule has 2 aromatic carbocycles. The van der Waals surface area contributed by atoms with Gasteiger partial charge in [0.25, 0.3) is 0 Å². The molecule has 0 aliphatic carbocycles. The number of nitrogens with two attached hydrogens (primary N) is 1. The zero-order valence-electron chi connectivity index (χ0n) is 17.6. The number of aliphatic imine (C=N–C) groups is 1. The van der Waals surface area contributed by atoms with Gasteiger partial charge >= 0.3 is 5.97 Å². The number of aryl methyl sites for hydroxylation is 1. The highest BCUT2D eigenvalue weighted by Crippen LogP contribution is 2.33. The van der Waals surface area contributed by atoms with Crippen LogP contribution in [-0.4, -0.2) is 33.4 Å². The van der Waals surface area contributed by atoms with Gasteiger partial charge in [0.1, 0.15) is 0 Å². The predicted octanol–water partition coefficient (Wildman–Crippen LogP) is 3.93. The summed E-state index contributed by atoms with van der Waals surface area (Å²) in [7, 11) is 0. The monoisotopic (exact) mass is 416 g/mol. The topological polar surface area (TPSA) is 83.8 Å². The number of rotatable bonds is 8. The van der Waals surface area contributed by atoms with Crippen molar-refractivity contribution in [2.24, 2.45) is 10.8 Å². The highest BCUT2D eigenvalue weighted by molar-refractivity contribution is 5.86. The summed E-state index contributed by atoms with van der Waals surface area (Å²) >= 11 is 0. The van der Waals surface area contributed by atoms with Crippen molar-refractivity contribution in [3.63, 3.8) is 0 Å². The van der Waals surface area contributed by atoms with Crippen molar-refractivity contribution in [3.8, 4) is 0 Å². The van der Waals surface area contributed by atoms with Crippen LogP contribution in [0, 0.1) is 0 Å². The number of carboxylic acid groups (broad SMARTS) is 1. The number of hydrazine groups is 1. The zero-order chi connectivity index (χ0) is 21.8. The van der Waals surface area contributed by atoms with Crippen molar-refractivity contribution < 1.29 is 9.90 Å². The summed E-state index contributed by atoms with van der Waals surface area (Å²) in [6.45, 7) is 4.38. The second kappa shape index (κ2) is 9.18. The van der Waals surface area contributed by atoms with E-state index < -0.39 is 5.97 Å². The van der Waals surface area contributed by atoms with Gasteiger partial charge in [0.15, 0.2) is 0 Å². The summed E-state index contributed by atoms with van der Waals surface area (Å²) in [5, 5.41) is 12.2. The largest absolute Gasteiger partial charge is 0.481 e. The molecule has 0 saturated heterocycles. The van der Waals surface area contributed by atoms with Crippen molar-refractivity contribution in [1.82, 2.24) is 9.58 Å². The van der Waals surface area contributed by atoms with Crippen molar-refractivity contribution in [3.05, 3.63) is 83.3 Å². The van der Waals surface area contributed by atoms with Gasteiger partial charge in [0.05, 0.1) is 11.7 Å². The molecule has 0 fully saturated rings. The summed E-state index contributed by atoms with van der Waals surface area (Å²) in [6.07, 6.45) is 4.89.